The molecule has 1 rings (SSSR count). The smallest absolute Gasteiger partial charge is 0.0622 e. The molecule has 14 heavy (non-hydrogen) atoms. The second-order valence-electron chi connectivity index (χ2n) is 4.44. The zero-order valence-electron chi connectivity index (χ0n) is 9.37. The van der Waals surface area contributed by atoms with Gasteiger partial charge in [0.25, 0.3) is 0 Å². The van der Waals surface area contributed by atoms with Gasteiger partial charge in [-0.2, -0.15) is 5.26 Å². The third-order valence-corrected chi connectivity index (χ3v) is 2.89. The number of rotatable bonds is 5. The second kappa shape index (κ2) is 6.00. The summed E-state index contributed by atoms with van der Waals surface area (Å²) in [6, 6.07) is 2.19. The summed E-state index contributed by atoms with van der Waals surface area (Å²) < 4.78 is 0. The summed E-state index contributed by atoms with van der Waals surface area (Å²) in [6.45, 7) is 4.74. The fourth-order valence-electron chi connectivity index (χ4n) is 2.14. The molecule has 0 aliphatic carbocycles. The highest BCUT2D eigenvalue weighted by atomic mass is 15.1. The molecule has 0 bridgehead atoms. The van der Waals surface area contributed by atoms with Gasteiger partial charge in [-0.3, -0.25) is 0 Å². The highest BCUT2D eigenvalue weighted by Gasteiger charge is 2.20. The van der Waals surface area contributed by atoms with Crippen molar-refractivity contribution in [1.29, 1.82) is 5.26 Å². The minimum absolute atomic E-state index is 0.689. The summed E-state index contributed by atoms with van der Waals surface area (Å²) in [7, 11) is 4.35. The fourth-order valence-corrected chi connectivity index (χ4v) is 2.14. The molecule has 1 aliphatic rings. The van der Waals surface area contributed by atoms with Gasteiger partial charge in [-0.05, 0) is 45.9 Å². The molecule has 0 amide bonds. The van der Waals surface area contributed by atoms with Crippen molar-refractivity contribution >= 4 is 0 Å². The van der Waals surface area contributed by atoms with E-state index in [1.165, 1.54) is 26.1 Å². The van der Waals surface area contributed by atoms with E-state index in [0.29, 0.717) is 6.42 Å². The van der Waals surface area contributed by atoms with E-state index in [-0.39, 0.29) is 0 Å². The molecular weight excluding hydrogens is 174 g/mol. The Hall–Kier alpha value is -0.590. The fraction of sp³-hybridized carbons (Fsp3) is 0.909. The Morgan fingerprint density at radius 1 is 1.57 bits per heavy atom. The minimum atomic E-state index is 0.689. The van der Waals surface area contributed by atoms with E-state index in [1.54, 1.807) is 0 Å². The van der Waals surface area contributed by atoms with Crippen LogP contribution in [-0.4, -0.2) is 50.1 Å². The van der Waals surface area contributed by atoms with E-state index >= 15 is 0 Å². The maximum atomic E-state index is 8.42. The van der Waals surface area contributed by atoms with E-state index < -0.39 is 0 Å². The molecule has 0 spiro atoms. The normalized spacial score (nSPS) is 22.9. The van der Waals surface area contributed by atoms with E-state index in [0.717, 1.165) is 18.9 Å². The predicted molar refractivity (Wildman–Crippen MR) is 57.9 cm³/mol. The molecule has 1 saturated heterocycles. The predicted octanol–water partition coefficient (Wildman–Crippen LogP) is 1.17. The number of unbranched alkanes of at least 4 members (excludes halogenated alkanes) is 1. The molecule has 1 fully saturated rings. The molecule has 0 radical (unpaired) electrons. The van der Waals surface area contributed by atoms with E-state index in [2.05, 4.69) is 30.0 Å². The standard InChI is InChI=1S/C11H21N3/c1-13(7-4-3-6-12)9-11-5-8-14(2)10-11/h11H,3-5,7-10H2,1-2H3. The van der Waals surface area contributed by atoms with Crippen molar-refractivity contribution in [2.45, 2.75) is 19.3 Å². The first-order valence-electron chi connectivity index (χ1n) is 5.46. The van der Waals surface area contributed by atoms with Crippen LogP contribution in [0.4, 0.5) is 0 Å². The lowest BCUT2D eigenvalue weighted by molar-refractivity contribution is 0.272. The Labute approximate surface area is 87.3 Å². The maximum absolute atomic E-state index is 8.42. The lowest BCUT2D eigenvalue weighted by Gasteiger charge is -2.20. The van der Waals surface area contributed by atoms with Gasteiger partial charge in [0.15, 0.2) is 0 Å². The van der Waals surface area contributed by atoms with Gasteiger partial charge in [0.05, 0.1) is 6.07 Å². The van der Waals surface area contributed by atoms with Crippen LogP contribution in [-0.2, 0) is 0 Å². The molecule has 1 unspecified atom stereocenters. The average molecular weight is 195 g/mol. The van der Waals surface area contributed by atoms with Gasteiger partial charge >= 0.3 is 0 Å². The summed E-state index contributed by atoms with van der Waals surface area (Å²) >= 11 is 0. The Morgan fingerprint density at radius 2 is 2.36 bits per heavy atom. The maximum Gasteiger partial charge on any atom is 0.0622 e. The summed E-state index contributed by atoms with van der Waals surface area (Å²) in [5.41, 5.74) is 0. The third-order valence-electron chi connectivity index (χ3n) is 2.89. The molecule has 1 heterocycles. The van der Waals surface area contributed by atoms with Crippen LogP contribution in [0.25, 0.3) is 0 Å². The number of likely N-dealkylation sites (tertiary alicyclic amines) is 1. The number of nitrogens with zero attached hydrogens (tertiary/aromatic N) is 3. The van der Waals surface area contributed by atoms with Crippen LogP contribution in [0.15, 0.2) is 0 Å². The molecule has 0 aromatic rings. The van der Waals surface area contributed by atoms with Crippen LogP contribution >= 0.6 is 0 Å². The van der Waals surface area contributed by atoms with Crippen LogP contribution in [0, 0.1) is 17.2 Å². The quantitative estimate of drug-likeness (QED) is 0.617. The van der Waals surface area contributed by atoms with Crippen LogP contribution < -0.4 is 0 Å². The second-order valence-corrected chi connectivity index (χ2v) is 4.44. The monoisotopic (exact) mass is 195 g/mol. The van der Waals surface area contributed by atoms with E-state index in [1.807, 2.05) is 0 Å². The Balaban J connectivity index is 2.08. The largest absolute Gasteiger partial charge is 0.306 e. The van der Waals surface area contributed by atoms with Gasteiger partial charge < -0.3 is 9.80 Å². The van der Waals surface area contributed by atoms with Crippen molar-refractivity contribution in [2.75, 3.05) is 40.3 Å². The Morgan fingerprint density at radius 3 is 2.93 bits per heavy atom. The highest BCUT2D eigenvalue weighted by Crippen LogP contribution is 2.15. The average Bonchev–Trinajstić information content (AvgIpc) is 2.52. The van der Waals surface area contributed by atoms with Crippen LogP contribution in [0.3, 0.4) is 0 Å². The molecule has 3 nitrogen and oxygen atoms in total. The minimum Gasteiger partial charge on any atom is -0.306 e. The van der Waals surface area contributed by atoms with Crippen molar-refractivity contribution in [3.63, 3.8) is 0 Å². The summed E-state index contributed by atoms with van der Waals surface area (Å²) in [4.78, 5) is 4.76. The van der Waals surface area contributed by atoms with Gasteiger partial charge in [-0.1, -0.05) is 0 Å². The molecule has 0 aromatic carbocycles. The summed E-state index contributed by atoms with van der Waals surface area (Å²) in [5, 5.41) is 8.42. The number of hydrogen-bond donors (Lipinski definition) is 0. The number of nitriles is 1. The van der Waals surface area contributed by atoms with Crippen LogP contribution in [0.1, 0.15) is 19.3 Å². The first kappa shape index (κ1) is 11.5. The van der Waals surface area contributed by atoms with Crippen molar-refractivity contribution in [3.05, 3.63) is 0 Å². The SMILES string of the molecule is CN(CCCC#N)CC1CCN(C)C1. The number of hydrogen-bond acceptors (Lipinski definition) is 3. The van der Waals surface area contributed by atoms with E-state index in [4.69, 9.17) is 5.26 Å². The van der Waals surface area contributed by atoms with Gasteiger partial charge in [0, 0.05) is 19.5 Å². The first-order chi connectivity index (χ1) is 6.72. The molecule has 1 aliphatic heterocycles. The Bertz CT molecular complexity index is 197. The lowest BCUT2D eigenvalue weighted by atomic mass is 10.1. The molecule has 80 valence electrons. The molecular formula is C11H21N3. The van der Waals surface area contributed by atoms with Crippen molar-refractivity contribution < 1.29 is 0 Å². The van der Waals surface area contributed by atoms with Crippen molar-refractivity contribution in [3.8, 4) is 6.07 Å². The van der Waals surface area contributed by atoms with Gasteiger partial charge in [-0.25, -0.2) is 0 Å². The van der Waals surface area contributed by atoms with E-state index in [9.17, 15) is 0 Å². The van der Waals surface area contributed by atoms with Crippen LogP contribution in [0.2, 0.25) is 0 Å². The highest BCUT2D eigenvalue weighted by molar-refractivity contribution is 4.76. The third kappa shape index (κ3) is 4.08. The zero-order chi connectivity index (χ0) is 10.4. The molecule has 0 aromatic heterocycles. The van der Waals surface area contributed by atoms with Gasteiger partial charge in [0.2, 0.25) is 0 Å². The van der Waals surface area contributed by atoms with Gasteiger partial charge in [-0.15, -0.1) is 0 Å². The molecule has 0 saturated carbocycles. The summed E-state index contributed by atoms with van der Waals surface area (Å²) in [6.07, 6.45) is 3.03. The van der Waals surface area contributed by atoms with Crippen molar-refractivity contribution in [1.82, 2.24) is 9.80 Å². The van der Waals surface area contributed by atoms with Crippen LogP contribution in [0.5, 0.6) is 0 Å². The summed E-state index contributed by atoms with van der Waals surface area (Å²) in [5.74, 6) is 0.840. The zero-order valence-corrected chi connectivity index (χ0v) is 9.37. The lowest BCUT2D eigenvalue weighted by Crippen LogP contribution is -2.28. The van der Waals surface area contributed by atoms with Gasteiger partial charge in [0.1, 0.15) is 0 Å². The van der Waals surface area contributed by atoms with Crippen molar-refractivity contribution in [2.24, 2.45) is 5.92 Å². The topological polar surface area (TPSA) is 30.3 Å². The Kier molecular flexibility index (Phi) is 4.92. The first-order valence-corrected chi connectivity index (χ1v) is 5.46. The molecule has 3 heteroatoms. The molecule has 1 atom stereocenters. The molecule has 0 N–H and O–H groups in total.